The Bertz CT molecular complexity index is 392. The fourth-order valence-corrected chi connectivity index (χ4v) is 2.44. The average molecular weight is 270 g/mol. The van der Waals surface area contributed by atoms with Crippen LogP contribution >= 0.6 is 15.9 Å². The molecule has 1 aromatic rings. The number of alkyl carbamates (subject to hydrolysis) is 1. The summed E-state index contributed by atoms with van der Waals surface area (Å²) in [5.74, 6) is 0. The number of cyclic esters (lactones) is 1. The molecule has 1 N–H and O–H groups in total. The van der Waals surface area contributed by atoms with Crippen LogP contribution in [0.25, 0.3) is 0 Å². The van der Waals surface area contributed by atoms with Gasteiger partial charge in [-0.15, -0.1) is 0 Å². The molecule has 0 aromatic heterocycles. The second kappa shape index (κ2) is 4.23. The van der Waals surface area contributed by atoms with E-state index in [9.17, 15) is 4.79 Å². The van der Waals surface area contributed by atoms with Crippen molar-refractivity contribution in [1.82, 2.24) is 5.32 Å². The van der Waals surface area contributed by atoms with E-state index in [4.69, 9.17) is 4.74 Å². The van der Waals surface area contributed by atoms with Crippen LogP contribution in [-0.4, -0.2) is 12.7 Å². The molecule has 3 nitrogen and oxygen atoms in total. The second-order valence-electron chi connectivity index (χ2n) is 3.65. The SMILES string of the molecule is Cc1ccc([C@@H]2CCOC(=O)N2)c(Br)c1. The largest absolute Gasteiger partial charge is 0.449 e. The Hall–Kier alpha value is -1.03. The van der Waals surface area contributed by atoms with Crippen molar-refractivity contribution in [3.8, 4) is 0 Å². The first-order valence-corrected chi connectivity index (χ1v) is 5.65. The molecule has 0 bridgehead atoms. The first-order chi connectivity index (χ1) is 7.16. The second-order valence-corrected chi connectivity index (χ2v) is 4.50. The van der Waals surface area contributed by atoms with Gasteiger partial charge < -0.3 is 10.1 Å². The third-order valence-corrected chi connectivity index (χ3v) is 3.15. The molecule has 0 saturated carbocycles. The molecule has 1 aliphatic heterocycles. The molecule has 2 rings (SSSR count). The van der Waals surface area contributed by atoms with Crippen molar-refractivity contribution in [1.29, 1.82) is 0 Å². The highest BCUT2D eigenvalue weighted by Crippen LogP contribution is 2.28. The van der Waals surface area contributed by atoms with E-state index < -0.39 is 0 Å². The minimum Gasteiger partial charge on any atom is -0.449 e. The fourth-order valence-electron chi connectivity index (χ4n) is 1.67. The van der Waals surface area contributed by atoms with Gasteiger partial charge in [0.2, 0.25) is 0 Å². The minimum atomic E-state index is -0.335. The zero-order valence-corrected chi connectivity index (χ0v) is 10.0. The van der Waals surface area contributed by atoms with Crippen molar-refractivity contribution in [2.75, 3.05) is 6.61 Å². The first kappa shape index (κ1) is 10.5. The molecule has 0 unspecified atom stereocenters. The number of aryl methyl sites for hydroxylation is 1. The Labute approximate surface area is 96.9 Å². The van der Waals surface area contributed by atoms with E-state index in [1.807, 2.05) is 19.1 Å². The lowest BCUT2D eigenvalue weighted by Gasteiger charge is -2.24. The smallest absolute Gasteiger partial charge is 0.407 e. The summed E-state index contributed by atoms with van der Waals surface area (Å²) in [5.41, 5.74) is 2.31. The van der Waals surface area contributed by atoms with Crippen LogP contribution in [-0.2, 0) is 4.74 Å². The number of hydrogen-bond donors (Lipinski definition) is 1. The van der Waals surface area contributed by atoms with Gasteiger partial charge in [-0.1, -0.05) is 28.1 Å². The molecular weight excluding hydrogens is 258 g/mol. The molecule has 0 radical (unpaired) electrons. The van der Waals surface area contributed by atoms with Gasteiger partial charge in [0.25, 0.3) is 0 Å². The van der Waals surface area contributed by atoms with E-state index in [1.54, 1.807) is 0 Å². The Kier molecular flexibility index (Phi) is 2.95. The molecule has 0 spiro atoms. The zero-order chi connectivity index (χ0) is 10.8. The molecule has 0 aliphatic carbocycles. The van der Waals surface area contributed by atoms with E-state index in [0.717, 1.165) is 16.5 Å². The summed E-state index contributed by atoms with van der Waals surface area (Å²) >= 11 is 3.51. The van der Waals surface area contributed by atoms with Crippen molar-refractivity contribution < 1.29 is 9.53 Å². The maximum absolute atomic E-state index is 11.1. The Morgan fingerprint density at radius 2 is 2.33 bits per heavy atom. The highest BCUT2D eigenvalue weighted by atomic mass is 79.9. The fraction of sp³-hybridized carbons (Fsp3) is 0.364. The summed E-state index contributed by atoms with van der Waals surface area (Å²) in [6, 6.07) is 6.19. The van der Waals surface area contributed by atoms with E-state index in [-0.39, 0.29) is 12.1 Å². The van der Waals surface area contributed by atoms with Crippen LogP contribution < -0.4 is 5.32 Å². The zero-order valence-electron chi connectivity index (χ0n) is 8.42. The van der Waals surface area contributed by atoms with Gasteiger partial charge in [0, 0.05) is 10.9 Å². The Morgan fingerprint density at radius 3 is 3.00 bits per heavy atom. The average Bonchev–Trinajstić information content (AvgIpc) is 2.17. The monoisotopic (exact) mass is 269 g/mol. The van der Waals surface area contributed by atoms with E-state index in [1.165, 1.54) is 5.56 Å². The Morgan fingerprint density at radius 1 is 1.53 bits per heavy atom. The molecule has 1 aromatic carbocycles. The number of nitrogens with one attached hydrogen (secondary N) is 1. The molecule has 80 valence electrons. The number of rotatable bonds is 1. The van der Waals surface area contributed by atoms with Crippen molar-refractivity contribution in [2.24, 2.45) is 0 Å². The molecule has 1 amide bonds. The van der Waals surface area contributed by atoms with Gasteiger partial charge in [-0.3, -0.25) is 0 Å². The molecule has 1 saturated heterocycles. The van der Waals surface area contributed by atoms with Crippen LogP contribution in [0, 0.1) is 6.92 Å². The lowest BCUT2D eigenvalue weighted by Crippen LogP contribution is -2.35. The van der Waals surface area contributed by atoms with E-state index >= 15 is 0 Å². The van der Waals surface area contributed by atoms with Gasteiger partial charge in [0.15, 0.2) is 0 Å². The van der Waals surface area contributed by atoms with Gasteiger partial charge in [0.05, 0.1) is 12.6 Å². The van der Waals surface area contributed by atoms with Gasteiger partial charge in [-0.05, 0) is 24.1 Å². The molecule has 15 heavy (non-hydrogen) atoms. The van der Waals surface area contributed by atoms with Gasteiger partial charge in [-0.2, -0.15) is 0 Å². The predicted molar refractivity (Wildman–Crippen MR) is 60.7 cm³/mol. The summed E-state index contributed by atoms with van der Waals surface area (Å²) in [6.45, 7) is 2.52. The van der Waals surface area contributed by atoms with E-state index in [2.05, 4.69) is 27.3 Å². The normalized spacial score (nSPS) is 20.7. The van der Waals surface area contributed by atoms with Crippen molar-refractivity contribution in [3.63, 3.8) is 0 Å². The maximum atomic E-state index is 11.1. The third kappa shape index (κ3) is 2.31. The van der Waals surface area contributed by atoms with Gasteiger partial charge in [-0.25, -0.2) is 4.79 Å². The van der Waals surface area contributed by atoms with Gasteiger partial charge in [0.1, 0.15) is 0 Å². The van der Waals surface area contributed by atoms with Crippen LogP contribution in [0.15, 0.2) is 22.7 Å². The highest BCUT2D eigenvalue weighted by Gasteiger charge is 2.22. The summed E-state index contributed by atoms with van der Waals surface area (Å²) < 4.78 is 5.86. The number of hydrogen-bond acceptors (Lipinski definition) is 2. The molecule has 4 heteroatoms. The lowest BCUT2D eigenvalue weighted by molar-refractivity contribution is 0.115. The van der Waals surface area contributed by atoms with Crippen molar-refractivity contribution in [3.05, 3.63) is 33.8 Å². The summed E-state index contributed by atoms with van der Waals surface area (Å²) in [7, 11) is 0. The topological polar surface area (TPSA) is 38.3 Å². The number of halogens is 1. The summed E-state index contributed by atoms with van der Waals surface area (Å²) in [4.78, 5) is 11.1. The van der Waals surface area contributed by atoms with E-state index in [0.29, 0.717) is 6.61 Å². The summed E-state index contributed by atoms with van der Waals surface area (Å²) in [5, 5.41) is 2.80. The van der Waals surface area contributed by atoms with Crippen LogP contribution in [0.2, 0.25) is 0 Å². The quantitative estimate of drug-likeness (QED) is 0.852. The number of carbonyl (C=O) groups is 1. The van der Waals surface area contributed by atoms with Gasteiger partial charge >= 0.3 is 6.09 Å². The number of carbonyl (C=O) groups excluding carboxylic acids is 1. The third-order valence-electron chi connectivity index (χ3n) is 2.46. The van der Waals surface area contributed by atoms with Crippen LogP contribution in [0.1, 0.15) is 23.6 Å². The number of ether oxygens (including phenoxy) is 1. The molecular formula is C11H12BrNO2. The van der Waals surface area contributed by atoms with Crippen LogP contribution in [0.4, 0.5) is 4.79 Å². The molecule has 1 heterocycles. The standard InChI is InChI=1S/C11H12BrNO2/c1-7-2-3-8(9(12)6-7)10-4-5-15-11(14)13-10/h2-3,6,10H,4-5H2,1H3,(H,13,14)/t10-/m0/s1. The summed E-state index contributed by atoms with van der Waals surface area (Å²) in [6.07, 6.45) is 0.478. The highest BCUT2D eigenvalue weighted by molar-refractivity contribution is 9.10. The lowest BCUT2D eigenvalue weighted by atomic mass is 10.0. The maximum Gasteiger partial charge on any atom is 0.407 e. The number of benzene rings is 1. The molecule has 1 fully saturated rings. The van der Waals surface area contributed by atoms with Crippen LogP contribution in [0.3, 0.4) is 0 Å². The number of amides is 1. The predicted octanol–water partition coefficient (Wildman–Crippen LogP) is 2.93. The minimum absolute atomic E-state index is 0.0567. The van der Waals surface area contributed by atoms with Crippen molar-refractivity contribution >= 4 is 22.0 Å². The first-order valence-electron chi connectivity index (χ1n) is 4.86. The molecule has 1 aliphatic rings. The van der Waals surface area contributed by atoms with Crippen molar-refractivity contribution in [2.45, 2.75) is 19.4 Å². The Balaban J connectivity index is 2.24. The molecule has 1 atom stereocenters. The van der Waals surface area contributed by atoms with Crippen LogP contribution in [0.5, 0.6) is 0 Å².